The second-order valence-electron chi connectivity index (χ2n) is 8.47. The third-order valence-corrected chi connectivity index (χ3v) is 5.19. The van der Waals surface area contributed by atoms with Crippen LogP contribution in [-0.2, 0) is 19.1 Å². The Morgan fingerprint density at radius 2 is 1.24 bits per heavy atom. The van der Waals surface area contributed by atoms with Gasteiger partial charge in [0, 0.05) is 13.3 Å². The number of hydrogen-bond acceptors (Lipinski definition) is 5. The van der Waals surface area contributed by atoms with Crippen LogP contribution in [0.2, 0.25) is 0 Å². The molecule has 1 N–H and O–H groups in total. The van der Waals surface area contributed by atoms with E-state index in [1.54, 1.807) is 0 Å². The summed E-state index contributed by atoms with van der Waals surface area (Å²) in [7, 11) is 0. The summed E-state index contributed by atoms with van der Waals surface area (Å²) in [5, 5.41) is 9.16. The fourth-order valence-electron chi connectivity index (χ4n) is 3.27. The monoisotopic (exact) mass is 476 g/mol. The van der Waals surface area contributed by atoms with Crippen LogP contribution in [0.3, 0.4) is 0 Å². The van der Waals surface area contributed by atoms with Crippen LogP contribution in [0.25, 0.3) is 0 Å². The molecular formula is C29H48O5. The fourth-order valence-corrected chi connectivity index (χ4v) is 3.27. The zero-order valence-corrected chi connectivity index (χ0v) is 21.6. The van der Waals surface area contributed by atoms with Gasteiger partial charge in [-0.2, -0.15) is 0 Å². The minimum absolute atomic E-state index is 0.0974. The van der Waals surface area contributed by atoms with E-state index in [2.05, 4.69) is 55.5 Å². The number of esters is 2. The molecule has 5 nitrogen and oxygen atoms in total. The van der Waals surface area contributed by atoms with Gasteiger partial charge in [-0.3, -0.25) is 9.59 Å². The lowest BCUT2D eigenvalue weighted by Gasteiger charge is -2.15. The molecule has 0 fully saturated rings. The van der Waals surface area contributed by atoms with E-state index >= 15 is 0 Å². The summed E-state index contributed by atoms with van der Waals surface area (Å²) in [6, 6.07) is 0. The maximum atomic E-state index is 11.8. The third-order valence-electron chi connectivity index (χ3n) is 5.19. The maximum Gasteiger partial charge on any atom is 0.306 e. The SMILES string of the molecule is CC/C=C\C/C=C\C/C=C\C/C=C\CCCCCCCCCCC(=O)OC(CO)COC(C)=O. The highest BCUT2D eigenvalue weighted by Crippen LogP contribution is 2.11. The van der Waals surface area contributed by atoms with Crippen LogP contribution in [0.15, 0.2) is 48.6 Å². The van der Waals surface area contributed by atoms with Gasteiger partial charge in [0.2, 0.25) is 0 Å². The van der Waals surface area contributed by atoms with Crippen molar-refractivity contribution in [3.05, 3.63) is 48.6 Å². The van der Waals surface area contributed by atoms with Crippen LogP contribution in [0.1, 0.15) is 104 Å². The molecule has 34 heavy (non-hydrogen) atoms. The van der Waals surface area contributed by atoms with Gasteiger partial charge in [0.05, 0.1) is 6.61 Å². The second-order valence-corrected chi connectivity index (χ2v) is 8.47. The predicted molar refractivity (Wildman–Crippen MR) is 140 cm³/mol. The molecule has 0 spiro atoms. The number of aliphatic hydroxyl groups is 1. The highest BCUT2D eigenvalue weighted by molar-refractivity contribution is 5.69. The Hall–Kier alpha value is -2.14. The molecule has 0 aromatic heterocycles. The Balaban J connectivity index is 3.45. The number of rotatable bonds is 22. The van der Waals surface area contributed by atoms with Crippen molar-refractivity contribution >= 4 is 11.9 Å². The highest BCUT2D eigenvalue weighted by atomic mass is 16.6. The molecular weight excluding hydrogens is 428 g/mol. The van der Waals surface area contributed by atoms with Gasteiger partial charge < -0.3 is 14.6 Å². The van der Waals surface area contributed by atoms with E-state index in [9.17, 15) is 9.59 Å². The van der Waals surface area contributed by atoms with E-state index in [1.807, 2.05) is 0 Å². The number of aliphatic hydroxyl groups excluding tert-OH is 1. The maximum absolute atomic E-state index is 11.8. The first-order valence-electron chi connectivity index (χ1n) is 13.1. The number of carbonyl (C=O) groups excluding carboxylic acids is 2. The van der Waals surface area contributed by atoms with Crippen molar-refractivity contribution in [3.8, 4) is 0 Å². The van der Waals surface area contributed by atoms with Gasteiger partial charge in [0.1, 0.15) is 6.61 Å². The van der Waals surface area contributed by atoms with Gasteiger partial charge >= 0.3 is 11.9 Å². The van der Waals surface area contributed by atoms with Crippen molar-refractivity contribution in [1.29, 1.82) is 0 Å². The Morgan fingerprint density at radius 1 is 0.735 bits per heavy atom. The molecule has 0 saturated heterocycles. The van der Waals surface area contributed by atoms with Crippen LogP contribution in [0, 0.1) is 0 Å². The van der Waals surface area contributed by atoms with E-state index in [1.165, 1.54) is 39.0 Å². The standard InChI is InChI=1S/C29H48O5/c1-3-4-5-6-7-8-9-10-11-12-13-14-15-16-17-18-19-20-21-22-23-24-29(32)34-28(25-30)26-33-27(2)31/h4-5,7-8,10-11,13-14,28,30H,3,6,9,12,15-26H2,1-2H3/b5-4-,8-7-,11-10-,14-13-. The molecule has 0 radical (unpaired) electrons. The highest BCUT2D eigenvalue weighted by Gasteiger charge is 2.14. The van der Waals surface area contributed by atoms with Gasteiger partial charge in [0.15, 0.2) is 6.10 Å². The second kappa shape index (κ2) is 25.5. The summed E-state index contributed by atoms with van der Waals surface area (Å²) < 4.78 is 9.87. The summed E-state index contributed by atoms with van der Waals surface area (Å²) in [4.78, 5) is 22.5. The molecule has 0 heterocycles. The van der Waals surface area contributed by atoms with Crippen molar-refractivity contribution in [2.75, 3.05) is 13.2 Å². The average molecular weight is 477 g/mol. The van der Waals surface area contributed by atoms with Crippen LogP contribution < -0.4 is 0 Å². The Kier molecular flexibility index (Phi) is 23.9. The zero-order chi connectivity index (χ0) is 25.1. The topological polar surface area (TPSA) is 72.8 Å². The number of carbonyl (C=O) groups is 2. The molecule has 1 atom stereocenters. The van der Waals surface area contributed by atoms with Crippen LogP contribution in [-0.4, -0.2) is 36.4 Å². The number of ether oxygens (including phenoxy) is 2. The van der Waals surface area contributed by atoms with Crippen LogP contribution in [0.5, 0.6) is 0 Å². The number of hydrogen-bond donors (Lipinski definition) is 1. The summed E-state index contributed by atoms with van der Waals surface area (Å²) in [5.74, 6) is -0.800. The van der Waals surface area contributed by atoms with Crippen molar-refractivity contribution in [2.45, 2.75) is 110 Å². The van der Waals surface area contributed by atoms with Gasteiger partial charge in [-0.05, 0) is 44.9 Å². The lowest BCUT2D eigenvalue weighted by atomic mass is 10.1. The van der Waals surface area contributed by atoms with Gasteiger partial charge in [-0.1, -0.05) is 94.1 Å². The minimum atomic E-state index is -0.770. The number of allylic oxidation sites excluding steroid dienone is 8. The molecule has 0 amide bonds. The molecule has 194 valence electrons. The summed E-state index contributed by atoms with van der Waals surface area (Å²) in [6.45, 7) is 2.99. The van der Waals surface area contributed by atoms with Gasteiger partial charge in [-0.15, -0.1) is 0 Å². The molecule has 0 aromatic carbocycles. The summed E-state index contributed by atoms with van der Waals surface area (Å²) in [5.41, 5.74) is 0. The predicted octanol–water partition coefficient (Wildman–Crippen LogP) is 7.16. The van der Waals surface area contributed by atoms with E-state index < -0.39 is 12.1 Å². The van der Waals surface area contributed by atoms with Crippen molar-refractivity contribution in [3.63, 3.8) is 0 Å². The van der Waals surface area contributed by atoms with Crippen molar-refractivity contribution in [2.24, 2.45) is 0 Å². The lowest BCUT2D eigenvalue weighted by molar-refractivity contribution is -0.160. The van der Waals surface area contributed by atoms with Gasteiger partial charge in [-0.25, -0.2) is 0 Å². The lowest BCUT2D eigenvalue weighted by Crippen LogP contribution is -2.28. The van der Waals surface area contributed by atoms with Crippen molar-refractivity contribution in [1.82, 2.24) is 0 Å². The Morgan fingerprint density at radius 3 is 1.76 bits per heavy atom. The van der Waals surface area contributed by atoms with Gasteiger partial charge in [0.25, 0.3) is 0 Å². The first kappa shape index (κ1) is 31.9. The molecule has 5 heteroatoms. The van der Waals surface area contributed by atoms with Crippen LogP contribution >= 0.6 is 0 Å². The Bertz CT molecular complexity index is 604. The minimum Gasteiger partial charge on any atom is -0.462 e. The van der Waals surface area contributed by atoms with E-state index in [0.29, 0.717) is 6.42 Å². The number of unbranched alkanes of at least 4 members (excludes halogenated alkanes) is 8. The fraction of sp³-hybridized carbons (Fsp3) is 0.655. The van der Waals surface area contributed by atoms with Crippen LogP contribution in [0.4, 0.5) is 0 Å². The summed E-state index contributed by atoms with van der Waals surface area (Å²) in [6.07, 6.45) is 31.9. The largest absolute Gasteiger partial charge is 0.462 e. The normalized spacial score (nSPS) is 12.9. The average Bonchev–Trinajstić information content (AvgIpc) is 2.82. The molecule has 1 unspecified atom stereocenters. The van der Waals surface area contributed by atoms with E-state index in [4.69, 9.17) is 14.6 Å². The van der Waals surface area contributed by atoms with E-state index in [0.717, 1.165) is 51.4 Å². The first-order valence-corrected chi connectivity index (χ1v) is 13.1. The zero-order valence-electron chi connectivity index (χ0n) is 21.6. The molecule has 0 aromatic rings. The molecule has 0 saturated carbocycles. The quantitative estimate of drug-likeness (QED) is 0.102. The smallest absolute Gasteiger partial charge is 0.306 e. The van der Waals surface area contributed by atoms with Crippen molar-refractivity contribution < 1.29 is 24.2 Å². The Labute approximate surface area is 208 Å². The first-order chi connectivity index (χ1) is 16.6. The molecule has 0 aliphatic rings. The van der Waals surface area contributed by atoms with E-state index in [-0.39, 0.29) is 19.2 Å². The third kappa shape index (κ3) is 24.5. The molecule has 0 aliphatic heterocycles. The molecule has 0 rings (SSSR count). The summed E-state index contributed by atoms with van der Waals surface area (Å²) >= 11 is 0. The molecule has 0 aliphatic carbocycles. The molecule has 0 bridgehead atoms.